The summed E-state index contributed by atoms with van der Waals surface area (Å²) in [5, 5.41) is 3.07. The van der Waals surface area contributed by atoms with Gasteiger partial charge in [0.25, 0.3) is 0 Å². The van der Waals surface area contributed by atoms with E-state index in [1.807, 2.05) is 0 Å². The lowest BCUT2D eigenvalue weighted by molar-refractivity contribution is 1.35. The van der Waals surface area contributed by atoms with E-state index in [9.17, 15) is 0 Å². The van der Waals surface area contributed by atoms with Crippen LogP contribution in [0.25, 0.3) is 0 Å². The molecule has 94 valence electrons. The first-order chi connectivity index (χ1) is 9.43. The fourth-order valence-corrected chi connectivity index (χ4v) is 4.79. The molecule has 0 aliphatic heterocycles. The molecule has 0 saturated heterocycles. The van der Waals surface area contributed by atoms with Crippen molar-refractivity contribution in [1.29, 1.82) is 0 Å². The molecule has 0 aromatic heterocycles. The van der Waals surface area contributed by atoms with Crippen LogP contribution in [0.1, 0.15) is 12.0 Å². The molecule has 3 rings (SSSR count). The fourth-order valence-electron chi connectivity index (χ4n) is 2.37. The average molecular weight is 264 g/mol. The van der Waals surface area contributed by atoms with Gasteiger partial charge >= 0.3 is 0 Å². The third kappa shape index (κ3) is 3.03. The highest BCUT2D eigenvalue weighted by Crippen LogP contribution is 2.49. The highest BCUT2D eigenvalue weighted by molar-refractivity contribution is 7.69. The molecule has 0 nitrogen and oxygen atoms in total. The Kier molecular flexibility index (Phi) is 3.91. The molecule has 19 heavy (non-hydrogen) atoms. The summed E-state index contributed by atoms with van der Waals surface area (Å²) in [7, 11) is -0.235. The predicted octanol–water partition coefficient (Wildman–Crippen LogP) is 4.84. The van der Waals surface area contributed by atoms with E-state index in [-0.39, 0.29) is 7.92 Å². The van der Waals surface area contributed by atoms with E-state index in [0.29, 0.717) is 0 Å². The lowest BCUT2D eigenvalue weighted by atomic mass is 10.2. The van der Waals surface area contributed by atoms with Gasteiger partial charge in [-0.1, -0.05) is 78.9 Å². The van der Waals surface area contributed by atoms with Gasteiger partial charge in [-0.3, -0.25) is 0 Å². The minimum absolute atomic E-state index is 0.235. The number of benzene rings is 2. The van der Waals surface area contributed by atoms with Crippen LogP contribution in [0.3, 0.4) is 0 Å². The Bertz CT molecular complexity index is 582. The van der Waals surface area contributed by atoms with Crippen LogP contribution in [-0.4, -0.2) is 0 Å². The first-order valence-corrected chi connectivity index (χ1v) is 8.18. The van der Waals surface area contributed by atoms with Gasteiger partial charge in [-0.15, -0.1) is 0 Å². The van der Waals surface area contributed by atoms with Crippen LogP contribution in [0, 0.1) is 0 Å². The average Bonchev–Trinajstić information content (AvgIpc) is 3.01. The van der Waals surface area contributed by atoms with E-state index < -0.39 is 0 Å². The van der Waals surface area contributed by atoms with E-state index in [1.54, 1.807) is 5.31 Å². The summed E-state index contributed by atoms with van der Waals surface area (Å²) in [6.45, 7) is 0. The molecule has 1 aliphatic carbocycles. The fraction of sp³-hybridized carbons (Fsp3) is 0.111. The third-order valence-electron chi connectivity index (χ3n) is 3.35. The largest absolute Gasteiger partial charge is 0.0801 e. The molecule has 0 spiro atoms. The summed E-state index contributed by atoms with van der Waals surface area (Å²) in [5.74, 6) is 0. The van der Waals surface area contributed by atoms with Crippen molar-refractivity contribution < 1.29 is 0 Å². The Hall–Kier alpha value is -1.65. The molecule has 0 fully saturated rings. The number of rotatable bonds is 4. The summed E-state index contributed by atoms with van der Waals surface area (Å²) in [4.78, 5) is 0. The van der Waals surface area contributed by atoms with Crippen molar-refractivity contribution in [2.24, 2.45) is 0 Å². The second kappa shape index (κ2) is 5.99. The van der Waals surface area contributed by atoms with E-state index in [1.165, 1.54) is 10.9 Å². The highest BCUT2D eigenvalue weighted by Gasteiger charge is 2.17. The van der Waals surface area contributed by atoms with Crippen molar-refractivity contribution in [3.63, 3.8) is 0 Å². The molecule has 2 aromatic rings. The zero-order valence-electron chi connectivity index (χ0n) is 10.9. The molecular formula is C18H17P. The molecule has 0 heterocycles. The van der Waals surface area contributed by atoms with Gasteiger partial charge in [0.15, 0.2) is 0 Å². The summed E-state index contributed by atoms with van der Waals surface area (Å²) in [6, 6.07) is 21.8. The first-order valence-electron chi connectivity index (χ1n) is 6.66. The Morgan fingerprint density at radius 1 is 0.842 bits per heavy atom. The van der Waals surface area contributed by atoms with Crippen LogP contribution in [-0.2, 0) is 6.16 Å². The SMILES string of the molecule is C1=CCC(P(Cc2ccccc2)c2ccccc2)=C1. The molecule has 1 atom stereocenters. The van der Waals surface area contributed by atoms with Crippen LogP contribution in [0.4, 0.5) is 0 Å². The second-order valence-corrected chi connectivity index (χ2v) is 6.96. The quantitative estimate of drug-likeness (QED) is 0.693. The predicted molar refractivity (Wildman–Crippen MR) is 85.0 cm³/mol. The molecule has 0 amide bonds. The standard InChI is InChI=1S/C18H17P/c1-3-9-16(10-4-1)15-19(18-13-7-8-14-18)17-11-5-2-6-12-17/h1-13H,14-15H2. The monoisotopic (exact) mass is 264 g/mol. The van der Waals surface area contributed by atoms with E-state index in [2.05, 4.69) is 78.9 Å². The van der Waals surface area contributed by atoms with Gasteiger partial charge in [0, 0.05) is 6.16 Å². The van der Waals surface area contributed by atoms with Gasteiger partial charge in [0.1, 0.15) is 0 Å². The Morgan fingerprint density at radius 2 is 1.53 bits per heavy atom. The molecule has 0 N–H and O–H groups in total. The Labute approximate surface area is 116 Å². The maximum atomic E-state index is 2.31. The summed E-state index contributed by atoms with van der Waals surface area (Å²) < 4.78 is 0. The van der Waals surface area contributed by atoms with Gasteiger partial charge in [-0.25, -0.2) is 0 Å². The Morgan fingerprint density at radius 3 is 2.16 bits per heavy atom. The zero-order chi connectivity index (χ0) is 12.9. The number of allylic oxidation sites excluding steroid dienone is 4. The van der Waals surface area contributed by atoms with E-state index >= 15 is 0 Å². The smallest absolute Gasteiger partial charge is 0.000450 e. The van der Waals surface area contributed by atoms with Crippen LogP contribution in [0.5, 0.6) is 0 Å². The molecule has 2 aromatic carbocycles. The maximum absolute atomic E-state index is 2.31. The van der Waals surface area contributed by atoms with Crippen molar-refractivity contribution in [1.82, 2.24) is 0 Å². The number of hydrogen-bond donors (Lipinski definition) is 0. The highest BCUT2D eigenvalue weighted by atomic mass is 31.1. The van der Waals surface area contributed by atoms with Crippen molar-refractivity contribution in [3.05, 3.63) is 89.8 Å². The molecule has 1 unspecified atom stereocenters. The van der Waals surface area contributed by atoms with E-state index in [4.69, 9.17) is 0 Å². The number of hydrogen-bond acceptors (Lipinski definition) is 0. The minimum atomic E-state index is -0.235. The lowest BCUT2D eigenvalue weighted by Gasteiger charge is -2.20. The van der Waals surface area contributed by atoms with Crippen LogP contribution in [0.15, 0.2) is 84.2 Å². The van der Waals surface area contributed by atoms with Crippen molar-refractivity contribution in [2.45, 2.75) is 12.6 Å². The lowest BCUT2D eigenvalue weighted by Crippen LogP contribution is -2.03. The minimum Gasteiger partial charge on any atom is -0.0801 e. The topological polar surface area (TPSA) is 0 Å². The van der Waals surface area contributed by atoms with Crippen LogP contribution < -0.4 is 5.30 Å². The zero-order valence-corrected chi connectivity index (χ0v) is 11.8. The van der Waals surface area contributed by atoms with Crippen molar-refractivity contribution in [2.75, 3.05) is 0 Å². The van der Waals surface area contributed by atoms with Crippen molar-refractivity contribution in [3.8, 4) is 0 Å². The molecule has 0 bridgehead atoms. The first kappa shape index (κ1) is 12.4. The molecule has 1 aliphatic rings. The molecular weight excluding hydrogens is 247 g/mol. The molecule has 0 radical (unpaired) electrons. The van der Waals surface area contributed by atoms with Gasteiger partial charge < -0.3 is 0 Å². The molecule has 1 heteroatoms. The third-order valence-corrected chi connectivity index (χ3v) is 5.98. The summed E-state index contributed by atoms with van der Waals surface area (Å²) in [6.07, 6.45) is 9.03. The van der Waals surface area contributed by atoms with Gasteiger partial charge in [-0.05, 0) is 30.5 Å². The van der Waals surface area contributed by atoms with Crippen molar-refractivity contribution >= 4 is 13.2 Å². The normalized spacial score (nSPS) is 15.3. The van der Waals surface area contributed by atoms with E-state index in [0.717, 1.165) is 12.6 Å². The van der Waals surface area contributed by atoms with Gasteiger partial charge in [0.2, 0.25) is 0 Å². The maximum Gasteiger partial charge on any atom is 0.000450 e. The van der Waals surface area contributed by atoms with Gasteiger partial charge in [0.05, 0.1) is 0 Å². The second-order valence-electron chi connectivity index (χ2n) is 4.70. The summed E-state index contributed by atoms with van der Waals surface area (Å²) >= 11 is 0. The van der Waals surface area contributed by atoms with Crippen LogP contribution >= 0.6 is 7.92 Å². The van der Waals surface area contributed by atoms with Crippen LogP contribution in [0.2, 0.25) is 0 Å². The Balaban J connectivity index is 1.89. The van der Waals surface area contributed by atoms with Gasteiger partial charge in [-0.2, -0.15) is 0 Å². The molecule has 0 saturated carbocycles. The summed E-state index contributed by atoms with van der Waals surface area (Å²) in [5.41, 5.74) is 1.44.